The number of nitrogens with one attached hydrogen (secondary N) is 1. The van der Waals surface area contributed by atoms with Gasteiger partial charge >= 0.3 is 0 Å². The number of nitrogens with zero attached hydrogens (tertiary/aromatic N) is 1. The van der Waals surface area contributed by atoms with Crippen molar-refractivity contribution in [1.82, 2.24) is 5.32 Å². The second kappa shape index (κ2) is 5.15. The number of benzene rings is 1. The van der Waals surface area contributed by atoms with E-state index in [2.05, 4.69) is 17.3 Å². The lowest BCUT2D eigenvalue weighted by atomic mass is 10.1. The summed E-state index contributed by atoms with van der Waals surface area (Å²) >= 11 is 6.20. The number of hydrogen-bond donors (Lipinski definition) is 1. The molecule has 1 saturated heterocycles. The molecule has 1 atom stereocenters. The van der Waals surface area contributed by atoms with Crippen molar-refractivity contribution in [2.45, 2.75) is 19.4 Å². The molecule has 2 rings (SSSR count). The number of likely N-dealkylation sites (N-methyl/N-ethyl adjacent to an activating group) is 1. The van der Waals surface area contributed by atoms with Gasteiger partial charge in [-0.2, -0.15) is 0 Å². The molecule has 1 aromatic rings. The topological polar surface area (TPSA) is 24.5 Å². The van der Waals surface area contributed by atoms with Crippen LogP contribution in [-0.2, 0) is 0 Å². The van der Waals surface area contributed by atoms with Crippen molar-refractivity contribution >= 4 is 17.3 Å². The number of hydrogen-bond acceptors (Lipinski definition) is 3. The molecular weight excluding hydrogens is 236 g/mol. The minimum Gasteiger partial charge on any atom is -0.495 e. The highest BCUT2D eigenvalue weighted by atomic mass is 35.5. The molecule has 1 fully saturated rings. The Morgan fingerprint density at radius 1 is 1.47 bits per heavy atom. The van der Waals surface area contributed by atoms with Crippen LogP contribution < -0.4 is 15.0 Å². The Bertz CT molecular complexity index is 403. The molecule has 1 aliphatic heterocycles. The molecule has 0 saturated carbocycles. The van der Waals surface area contributed by atoms with Crippen LogP contribution >= 0.6 is 11.6 Å². The maximum atomic E-state index is 6.20. The zero-order chi connectivity index (χ0) is 12.4. The third-order valence-corrected chi connectivity index (χ3v) is 3.83. The van der Waals surface area contributed by atoms with Gasteiger partial charge in [0.05, 0.1) is 12.8 Å². The van der Waals surface area contributed by atoms with E-state index in [1.165, 1.54) is 0 Å². The zero-order valence-electron chi connectivity index (χ0n) is 10.6. The SMILES string of the molecule is COc1cc(C)c(Cl)cc1N(C)C1CCNC1. The van der Waals surface area contributed by atoms with Crippen LogP contribution in [0.15, 0.2) is 12.1 Å². The molecule has 0 radical (unpaired) electrons. The molecule has 0 bridgehead atoms. The molecule has 0 amide bonds. The summed E-state index contributed by atoms with van der Waals surface area (Å²) in [6.45, 7) is 4.09. The van der Waals surface area contributed by atoms with Crippen molar-refractivity contribution in [1.29, 1.82) is 0 Å². The van der Waals surface area contributed by atoms with Crippen LogP contribution in [0.2, 0.25) is 5.02 Å². The maximum Gasteiger partial charge on any atom is 0.142 e. The number of ether oxygens (including phenoxy) is 1. The summed E-state index contributed by atoms with van der Waals surface area (Å²) in [7, 11) is 3.80. The molecule has 4 heteroatoms. The monoisotopic (exact) mass is 254 g/mol. The van der Waals surface area contributed by atoms with Gasteiger partial charge in [0, 0.05) is 24.7 Å². The summed E-state index contributed by atoms with van der Waals surface area (Å²) in [4.78, 5) is 2.25. The fraction of sp³-hybridized carbons (Fsp3) is 0.538. The Morgan fingerprint density at radius 3 is 2.82 bits per heavy atom. The first kappa shape index (κ1) is 12.5. The van der Waals surface area contributed by atoms with E-state index in [4.69, 9.17) is 16.3 Å². The fourth-order valence-electron chi connectivity index (χ4n) is 2.25. The summed E-state index contributed by atoms with van der Waals surface area (Å²) in [5, 5.41) is 4.16. The van der Waals surface area contributed by atoms with Crippen LogP contribution in [0, 0.1) is 6.92 Å². The van der Waals surface area contributed by atoms with Gasteiger partial charge in [0.15, 0.2) is 0 Å². The Labute approximate surface area is 108 Å². The highest BCUT2D eigenvalue weighted by Crippen LogP contribution is 2.34. The molecule has 0 aliphatic carbocycles. The third kappa shape index (κ3) is 2.50. The molecule has 1 heterocycles. The molecule has 1 unspecified atom stereocenters. The molecule has 1 aliphatic rings. The summed E-state index contributed by atoms with van der Waals surface area (Å²) in [6, 6.07) is 4.51. The smallest absolute Gasteiger partial charge is 0.142 e. The lowest BCUT2D eigenvalue weighted by Gasteiger charge is -2.28. The predicted octanol–water partition coefficient (Wildman–Crippen LogP) is 2.46. The first-order valence-corrected chi connectivity index (χ1v) is 6.29. The molecular formula is C13H19ClN2O. The first-order valence-electron chi connectivity index (χ1n) is 5.91. The summed E-state index contributed by atoms with van der Waals surface area (Å²) in [5.74, 6) is 0.890. The van der Waals surface area contributed by atoms with E-state index >= 15 is 0 Å². The largest absolute Gasteiger partial charge is 0.495 e. The number of aryl methyl sites for hydroxylation is 1. The Morgan fingerprint density at radius 2 is 2.24 bits per heavy atom. The van der Waals surface area contributed by atoms with E-state index < -0.39 is 0 Å². The van der Waals surface area contributed by atoms with Gasteiger partial charge in [0.1, 0.15) is 5.75 Å². The quantitative estimate of drug-likeness (QED) is 0.897. The van der Waals surface area contributed by atoms with Gasteiger partial charge in [-0.3, -0.25) is 0 Å². The molecule has 0 spiro atoms. The van der Waals surface area contributed by atoms with Crippen LogP contribution in [-0.4, -0.2) is 33.3 Å². The molecule has 1 N–H and O–H groups in total. The van der Waals surface area contributed by atoms with Gasteiger partial charge in [-0.25, -0.2) is 0 Å². The van der Waals surface area contributed by atoms with E-state index in [9.17, 15) is 0 Å². The van der Waals surface area contributed by atoms with Crippen LogP contribution in [0.1, 0.15) is 12.0 Å². The highest BCUT2D eigenvalue weighted by molar-refractivity contribution is 6.31. The Balaban J connectivity index is 2.32. The average Bonchev–Trinajstić information content (AvgIpc) is 2.84. The normalized spacial score (nSPS) is 19.4. The van der Waals surface area contributed by atoms with Crippen LogP contribution in [0.3, 0.4) is 0 Å². The van der Waals surface area contributed by atoms with Crippen molar-refractivity contribution in [3.63, 3.8) is 0 Å². The van der Waals surface area contributed by atoms with Crippen molar-refractivity contribution in [3.05, 3.63) is 22.7 Å². The van der Waals surface area contributed by atoms with Gasteiger partial charge in [-0.15, -0.1) is 0 Å². The van der Waals surface area contributed by atoms with E-state index in [0.29, 0.717) is 6.04 Å². The molecule has 94 valence electrons. The van der Waals surface area contributed by atoms with Gasteiger partial charge in [-0.05, 0) is 37.6 Å². The van der Waals surface area contributed by atoms with Gasteiger partial charge < -0.3 is 15.0 Å². The minimum atomic E-state index is 0.516. The molecule has 17 heavy (non-hydrogen) atoms. The molecule has 1 aromatic carbocycles. The zero-order valence-corrected chi connectivity index (χ0v) is 11.3. The van der Waals surface area contributed by atoms with E-state index in [1.54, 1.807) is 7.11 Å². The van der Waals surface area contributed by atoms with Gasteiger partial charge in [0.2, 0.25) is 0 Å². The standard InChI is InChI=1S/C13H19ClN2O/c1-9-6-13(17-3)12(7-11(9)14)16(2)10-4-5-15-8-10/h6-7,10,15H,4-5,8H2,1-3H3. The average molecular weight is 255 g/mol. The van der Waals surface area contributed by atoms with E-state index in [0.717, 1.165) is 41.5 Å². The number of anilines is 1. The Kier molecular flexibility index (Phi) is 3.79. The van der Waals surface area contributed by atoms with Crippen LogP contribution in [0.25, 0.3) is 0 Å². The molecule has 3 nitrogen and oxygen atoms in total. The predicted molar refractivity (Wildman–Crippen MR) is 72.4 cm³/mol. The van der Waals surface area contributed by atoms with E-state index in [1.807, 2.05) is 19.1 Å². The third-order valence-electron chi connectivity index (χ3n) is 3.42. The number of rotatable bonds is 3. The summed E-state index contributed by atoms with van der Waals surface area (Å²) < 4.78 is 5.44. The van der Waals surface area contributed by atoms with Crippen molar-refractivity contribution in [2.75, 3.05) is 32.1 Å². The van der Waals surface area contributed by atoms with Gasteiger partial charge in [-0.1, -0.05) is 11.6 Å². The van der Waals surface area contributed by atoms with Crippen molar-refractivity contribution in [2.24, 2.45) is 0 Å². The lowest BCUT2D eigenvalue weighted by Crippen LogP contribution is -2.33. The number of methoxy groups -OCH3 is 1. The Hall–Kier alpha value is -0.930. The molecule has 0 aromatic heterocycles. The van der Waals surface area contributed by atoms with Gasteiger partial charge in [0.25, 0.3) is 0 Å². The lowest BCUT2D eigenvalue weighted by molar-refractivity contribution is 0.413. The fourth-order valence-corrected chi connectivity index (χ4v) is 2.41. The van der Waals surface area contributed by atoms with Crippen LogP contribution in [0.5, 0.6) is 5.75 Å². The highest BCUT2D eigenvalue weighted by Gasteiger charge is 2.22. The maximum absolute atomic E-state index is 6.20. The van der Waals surface area contributed by atoms with Crippen molar-refractivity contribution in [3.8, 4) is 5.75 Å². The van der Waals surface area contributed by atoms with Crippen LogP contribution in [0.4, 0.5) is 5.69 Å². The second-order valence-corrected chi connectivity index (χ2v) is 4.94. The summed E-state index contributed by atoms with van der Waals surface area (Å²) in [5.41, 5.74) is 2.11. The number of halogens is 1. The van der Waals surface area contributed by atoms with E-state index in [-0.39, 0.29) is 0 Å². The first-order chi connectivity index (χ1) is 8.13. The second-order valence-electron chi connectivity index (χ2n) is 4.53. The summed E-state index contributed by atoms with van der Waals surface area (Å²) in [6.07, 6.45) is 1.16. The van der Waals surface area contributed by atoms with Crippen molar-refractivity contribution < 1.29 is 4.74 Å². The minimum absolute atomic E-state index is 0.516.